The zero-order chi connectivity index (χ0) is 13.0. The average molecular weight is 251 g/mol. The van der Waals surface area contributed by atoms with Crippen molar-refractivity contribution in [1.29, 1.82) is 0 Å². The Bertz CT molecular complexity index is 322. The maximum Gasteiger partial charge on any atom is 0.0581 e. The lowest BCUT2D eigenvalue weighted by Gasteiger charge is -2.65. The molecular formula is C16H29NO. The molecule has 2 N–H and O–H groups in total. The van der Waals surface area contributed by atoms with E-state index < -0.39 is 0 Å². The number of hydrogen-bond acceptors (Lipinski definition) is 2. The minimum absolute atomic E-state index is 0.249. The van der Waals surface area contributed by atoms with Crippen molar-refractivity contribution in [3.8, 4) is 0 Å². The summed E-state index contributed by atoms with van der Waals surface area (Å²) in [4.78, 5) is 0. The fraction of sp³-hybridized carbons (Fsp3) is 1.00. The molecule has 0 aromatic rings. The van der Waals surface area contributed by atoms with Crippen molar-refractivity contribution in [3.05, 3.63) is 0 Å². The molecule has 0 aliphatic heterocycles. The Kier molecular flexibility index (Phi) is 2.84. The van der Waals surface area contributed by atoms with Gasteiger partial charge in [-0.3, -0.25) is 0 Å². The highest BCUT2D eigenvalue weighted by molar-refractivity contribution is 5.10. The molecule has 2 heteroatoms. The van der Waals surface area contributed by atoms with Crippen LogP contribution >= 0.6 is 0 Å². The highest BCUT2D eigenvalue weighted by atomic mass is 16.3. The SMILES string of the molecule is CC(CO)NCC12CC3CC(C)(CC(C)(C3)C1)C2. The van der Waals surface area contributed by atoms with E-state index in [1.54, 1.807) is 0 Å². The fourth-order valence-electron chi connectivity index (χ4n) is 6.34. The minimum atomic E-state index is 0.249. The Morgan fingerprint density at radius 1 is 1.11 bits per heavy atom. The molecule has 0 saturated heterocycles. The Balaban J connectivity index is 1.76. The number of aliphatic hydroxyl groups is 1. The van der Waals surface area contributed by atoms with Crippen molar-refractivity contribution < 1.29 is 5.11 Å². The van der Waals surface area contributed by atoms with Gasteiger partial charge in [-0.05, 0) is 67.6 Å². The lowest BCUT2D eigenvalue weighted by molar-refractivity contribution is -0.143. The van der Waals surface area contributed by atoms with Crippen LogP contribution in [-0.4, -0.2) is 24.3 Å². The van der Waals surface area contributed by atoms with Crippen molar-refractivity contribution in [3.63, 3.8) is 0 Å². The van der Waals surface area contributed by atoms with Gasteiger partial charge in [-0.25, -0.2) is 0 Å². The lowest BCUT2D eigenvalue weighted by atomic mass is 9.40. The summed E-state index contributed by atoms with van der Waals surface area (Å²) in [6.07, 6.45) is 8.66. The number of hydrogen-bond donors (Lipinski definition) is 2. The summed E-state index contributed by atoms with van der Waals surface area (Å²) in [5.41, 5.74) is 1.75. The molecule has 3 atom stereocenters. The second-order valence-electron chi connectivity index (χ2n) is 8.59. The van der Waals surface area contributed by atoms with E-state index in [2.05, 4.69) is 26.1 Å². The van der Waals surface area contributed by atoms with Crippen molar-refractivity contribution in [2.75, 3.05) is 13.2 Å². The van der Waals surface area contributed by atoms with Gasteiger partial charge in [0.25, 0.3) is 0 Å². The van der Waals surface area contributed by atoms with E-state index in [4.69, 9.17) is 0 Å². The molecule has 0 heterocycles. The maximum atomic E-state index is 9.19. The first-order valence-electron chi connectivity index (χ1n) is 7.70. The maximum absolute atomic E-state index is 9.19. The van der Waals surface area contributed by atoms with Crippen LogP contribution in [0.4, 0.5) is 0 Å². The van der Waals surface area contributed by atoms with Gasteiger partial charge in [-0.2, -0.15) is 0 Å². The van der Waals surface area contributed by atoms with Crippen molar-refractivity contribution >= 4 is 0 Å². The first-order valence-corrected chi connectivity index (χ1v) is 7.70. The van der Waals surface area contributed by atoms with Gasteiger partial charge in [0, 0.05) is 12.6 Å². The van der Waals surface area contributed by atoms with Gasteiger partial charge in [0.2, 0.25) is 0 Å². The average Bonchev–Trinajstić information content (AvgIpc) is 2.21. The standard InChI is InChI=1S/C16H29NO/c1-12(7-18)17-11-16-6-13-4-14(2,9-16)8-15(3,5-13)10-16/h12-13,17-18H,4-11H2,1-3H3. The summed E-state index contributed by atoms with van der Waals surface area (Å²) in [7, 11) is 0. The van der Waals surface area contributed by atoms with Crippen LogP contribution in [-0.2, 0) is 0 Å². The number of rotatable bonds is 4. The van der Waals surface area contributed by atoms with Crippen LogP contribution in [0.2, 0.25) is 0 Å². The Morgan fingerprint density at radius 3 is 2.22 bits per heavy atom. The molecule has 0 radical (unpaired) electrons. The third-order valence-corrected chi connectivity index (χ3v) is 5.84. The van der Waals surface area contributed by atoms with Crippen LogP contribution in [0.5, 0.6) is 0 Å². The van der Waals surface area contributed by atoms with E-state index in [1.807, 2.05) is 0 Å². The second-order valence-corrected chi connectivity index (χ2v) is 8.59. The normalized spacial score (nSPS) is 51.7. The topological polar surface area (TPSA) is 32.3 Å². The van der Waals surface area contributed by atoms with Crippen molar-refractivity contribution in [2.24, 2.45) is 22.2 Å². The summed E-state index contributed by atoms with van der Waals surface area (Å²) in [5.74, 6) is 0.975. The summed E-state index contributed by atoms with van der Waals surface area (Å²) in [6, 6.07) is 0.249. The summed E-state index contributed by atoms with van der Waals surface area (Å²) >= 11 is 0. The minimum Gasteiger partial charge on any atom is -0.395 e. The molecule has 0 aromatic heterocycles. The van der Waals surface area contributed by atoms with E-state index in [0.717, 1.165) is 12.5 Å². The van der Waals surface area contributed by atoms with Gasteiger partial charge in [-0.15, -0.1) is 0 Å². The van der Waals surface area contributed by atoms with Crippen LogP contribution in [0.3, 0.4) is 0 Å². The Morgan fingerprint density at radius 2 is 1.72 bits per heavy atom. The van der Waals surface area contributed by atoms with E-state index in [0.29, 0.717) is 16.2 Å². The van der Waals surface area contributed by atoms with Crippen molar-refractivity contribution in [2.45, 2.75) is 65.3 Å². The summed E-state index contributed by atoms with van der Waals surface area (Å²) < 4.78 is 0. The van der Waals surface area contributed by atoms with E-state index >= 15 is 0 Å². The number of aliphatic hydroxyl groups excluding tert-OH is 1. The van der Waals surface area contributed by atoms with Gasteiger partial charge < -0.3 is 10.4 Å². The predicted molar refractivity (Wildman–Crippen MR) is 74.4 cm³/mol. The van der Waals surface area contributed by atoms with Gasteiger partial charge in [-0.1, -0.05) is 13.8 Å². The van der Waals surface area contributed by atoms with E-state index in [9.17, 15) is 5.11 Å². The summed E-state index contributed by atoms with van der Waals surface area (Å²) in [5, 5.41) is 12.8. The molecular weight excluding hydrogens is 222 g/mol. The molecule has 4 bridgehead atoms. The molecule has 2 nitrogen and oxygen atoms in total. The van der Waals surface area contributed by atoms with Crippen LogP contribution in [0, 0.1) is 22.2 Å². The van der Waals surface area contributed by atoms with Crippen LogP contribution in [0.15, 0.2) is 0 Å². The molecule has 3 unspecified atom stereocenters. The van der Waals surface area contributed by atoms with Crippen molar-refractivity contribution in [1.82, 2.24) is 5.32 Å². The largest absolute Gasteiger partial charge is 0.395 e. The highest BCUT2D eigenvalue weighted by Gasteiger charge is 2.59. The van der Waals surface area contributed by atoms with Gasteiger partial charge >= 0.3 is 0 Å². The Labute approximate surface area is 112 Å². The summed E-state index contributed by atoms with van der Waals surface area (Å²) in [6.45, 7) is 8.52. The van der Waals surface area contributed by atoms with Crippen LogP contribution in [0.1, 0.15) is 59.3 Å². The molecule has 0 spiro atoms. The first-order chi connectivity index (χ1) is 8.36. The molecule has 4 fully saturated rings. The zero-order valence-corrected chi connectivity index (χ0v) is 12.3. The molecule has 104 valence electrons. The quantitative estimate of drug-likeness (QED) is 0.805. The van der Waals surface area contributed by atoms with Crippen LogP contribution < -0.4 is 5.32 Å². The molecule has 4 aliphatic carbocycles. The predicted octanol–water partition coefficient (Wildman–Crippen LogP) is 2.95. The molecule has 4 aliphatic rings. The van der Waals surface area contributed by atoms with Crippen LogP contribution in [0.25, 0.3) is 0 Å². The second kappa shape index (κ2) is 3.96. The van der Waals surface area contributed by atoms with Gasteiger partial charge in [0.05, 0.1) is 6.61 Å². The molecule has 18 heavy (non-hydrogen) atoms. The fourth-order valence-corrected chi connectivity index (χ4v) is 6.34. The third-order valence-electron chi connectivity index (χ3n) is 5.84. The molecule has 0 aromatic carbocycles. The molecule has 4 rings (SSSR count). The third kappa shape index (κ3) is 2.12. The smallest absolute Gasteiger partial charge is 0.0581 e. The van der Waals surface area contributed by atoms with Gasteiger partial charge in [0.15, 0.2) is 0 Å². The lowest BCUT2D eigenvalue weighted by Crippen LogP contribution is -2.58. The molecule has 4 saturated carbocycles. The molecule has 0 amide bonds. The number of nitrogens with one attached hydrogen (secondary N) is 1. The Hall–Kier alpha value is -0.0800. The highest BCUT2D eigenvalue weighted by Crippen LogP contribution is 2.69. The first kappa shape index (κ1) is 12.9. The van der Waals surface area contributed by atoms with E-state index in [1.165, 1.54) is 38.5 Å². The monoisotopic (exact) mass is 251 g/mol. The zero-order valence-electron chi connectivity index (χ0n) is 12.3. The van der Waals surface area contributed by atoms with E-state index in [-0.39, 0.29) is 12.6 Å². The van der Waals surface area contributed by atoms with Gasteiger partial charge in [0.1, 0.15) is 0 Å².